The molecule has 0 unspecified atom stereocenters. The zero-order chi connectivity index (χ0) is 54.9. The van der Waals surface area contributed by atoms with Crippen molar-refractivity contribution in [1.82, 2.24) is 0 Å². The van der Waals surface area contributed by atoms with Crippen molar-refractivity contribution in [2.24, 2.45) is 0 Å². The molecule has 28 nitrogen and oxygen atoms in total. The van der Waals surface area contributed by atoms with Gasteiger partial charge in [0.1, 0.15) is 115 Å². The third-order valence-corrected chi connectivity index (χ3v) is 12.9. The molecule has 4 saturated heterocycles. The average molecular weight is 1080 g/mol. The molecular weight excluding hydrogens is 1020 g/mol. The molecule has 2 aromatic carbocycles. The van der Waals surface area contributed by atoms with E-state index in [1.54, 1.807) is 0 Å². The molecule has 28 heteroatoms. The van der Waals surface area contributed by atoms with Crippen LogP contribution in [-0.2, 0) is 33.2 Å². The number of rotatable bonds is 16. The van der Waals surface area contributed by atoms with Crippen LogP contribution in [-0.4, -0.2) is 237 Å². The monoisotopic (exact) mass is 1080 g/mol. The summed E-state index contributed by atoms with van der Waals surface area (Å²) < 4.78 is 57.3. The number of aliphatic hydroxyl groups is 14. The number of ether oxygens (including phenoxy) is 9. The van der Waals surface area contributed by atoms with Crippen molar-refractivity contribution in [3.8, 4) is 51.4 Å². The molecule has 2 aromatic rings. The molecule has 0 bridgehead atoms. The van der Waals surface area contributed by atoms with E-state index in [2.05, 4.69) is 0 Å². The summed E-state index contributed by atoms with van der Waals surface area (Å²) in [5.74, 6) is -3.10. The second-order valence-corrected chi connectivity index (χ2v) is 18.1. The third-order valence-electron chi connectivity index (χ3n) is 12.9. The highest BCUT2D eigenvalue weighted by Gasteiger charge is 2.52. The lowest BCUT2D eigenvalue weighted by Crippen LogP contribution is -2.65. The Labute approximate surface area is 428 Å². The van der Waals surface area contributed by atoms with Gasteiger partial charge in [-0.25, -0.2) is 4.79 Å². The zero-order valence-corrected chi connectivity index (χ0v) is 39.4. The average Bonchev–Trinajstić information content (AvgIpc) is 3.41. The molecule has 0 amide bonds. The molecule has 0 spiro atoms. The second kappa shape index (κ2) is 23.9. The van der Waals surface area contributed by atoms with E-state index in [4.69, 9.17) is 47.0 Å². The number of esters is 1. The fourth-order valence-corrected chi connectivity index (χ4v) is 8.59. The molecule has 0 radical (unpaired) electrons. The first-order valence-corrected chi connectivity index (χ1v) is 23.4. The summed E-state index contributed by atoms with van der Waals surface area (Å²) in [5, 5.41) is 167. The van der Waals surface area contributed by atoms with Crippen molar-refractivity contribution >= 4 is 12.0 Å². The minimum atomic E-state index is -2.12. The molecule has 1 aliphatic carbocycles. The van der Waals surface area contributed by atoms with Crippen LogP contribution in [0.1, 0.15) is 5.56 Å². The molecule has 0 aromatic heterocycles. The highest BCUT2D eigenvalue weighted by atomic mass is 16.8. The van der Waals surface area contributed by atoms with E-state index in [0.29, 0.717) is 0 Å². The zero-order valence-electron chi connectivity index (χ0n) is 39.4. The number of carbonyl (C=O) groups excluding carboxylic acids is 1. The van der Waals surface area contributed by atoms with Crippen molar-refractivity contribution in [2.45, 2.75) is 123 Å². The second-order valence-electron chi connectivity index (χ2n) is 18.1. The first-order valence-electron chi connectivity index (χ1n) is 23.4. The maximum Gasteiger partial charge on any atom is 0.330 e. The summed E-state index contributed by atoms with van der Waals surface area (Å²) in [5.41, 5.74) is -0.425. The van der Waals surface area contributed by atoms with Crippen LogP contribution >= 0.6 is 0 Å². The molecule has 16 N–H and O–H groups in total. The lowest BCUT2D eigenvalue weighted by molar-refractivity contribution is -0.358. The summed E-state index contributed by atoms with van der Waals surface area (Å²) in [6.45, 7) is -3.29. The summed E-state index contributed by atoms with van der Waals surface area (Å²) in [4.78, 5) is 25.9. The van der Waals surface area contributed by atoms with Gasteiger partial charge in [-0.1, -0.05) is 6.07 Å². The van der Waals surface area contributed by atoms with Crippen LogP contribution < -0.4 is 19.6 Å². The van der Waals surface area contributed by atoms with Gasteiger partial charge >= 0.3 is 5.97 Å². The maximum absolute atomic E-state index is 13.0. The molecular formula is C48H56O28. The Morgan fingerprint density at radius 1 is 0.526 bits per heavy atom. The van der Waals surface area contributed by atoms with E-state index in [1.807, 2.05) is 0 Å². The topological polar surface area (TPSA) is 454 Å². The molecule has 4 fully saturated rings. The van der Waals surface area contributed by atoms with Gasteiger partial charge in [0.05, 0.1) is 25.4 Å². The number of hydrogen-bond acceptors (Lipinski definition) is 28. The Morgan fingerprint density at radius 2 is 1.04 bits per heavy atom. The van der Waals surface area contributed by atoms with Crippen LogP contribution in [0.2, 0.25) is 0 Å². The van der Waals surface area contributed by atoms with Crippen LogP contribution in [0.5, 0.6) is 28.7 Å². The standard InChI is InChI=1S/C48H56O28/c49-13-27-32(56)36(60)40(64)45(72-27)69-24-11-20(53)10-23-21(24)12-26(43(68-23)18-3-5-19(52)6-4-18)71-48-44(39(63)34(58)29(15-51)74-48)76-47-42(66)38(62)35(59)30(75-47)16-67-31(55)8-2-17-1-7-22(54)25(9-17)70-46-41(65)37(61)33(57)28(14-50)73-46/h1-12,27-30,32-42,44-52,54,56-66H,13-16H2/t27-,28-,29-,30-,32-,33-,34-,35-,36+,37+,38+,39+,40-,41-,42-,44-,45-,46-,47+,48-/m1/s1. The van der Waals surface area contributed by atoms with Gasteiger partial charge in [-0.3, -0.25) is 4.79 Å². The highest BCUT2D eigenvalue weighted by Crippen LogP contribution is 2.44. The molecule has 5 aliphatic heterocycles. The fraction of sp³-hybridized carbons (Fsp3) is 0.500. The predicted molar refractivity (Wildman–Crippen MR) is 246 cm³/mol. The first-order chi connectivity index (χ1) is 36.2. The van der Waals surface area contributed by atoms with Crippen molar-refractivity contribution in [2.75, 3.05) is 26.4 Å². The third kappa shape index (κ3) is 11.9. The number of hydrogen-bond donors (Lipinski definition) is 16. The Morgan fingerprint density at radius 3 is 1.63 bits per heavy atom. The van der Waals surface area contributed by atoms with Gasteiger partial charge in [0.25, 0.3) is 0 Å². The smallest absolute Gasteiger partial charge is 0.330 e. The maximum atomic E-state index is 13.0. The number of phenols is 2. The van der Waals surface area contributed by atoms with Crippen molar-refractivity contribution in [1.29, 1.82) is 0 Å². The Kier molecular flexibility index (Phi) is 17.8. The largest absolute Gasteiger partial charge is 0.508 e. The Hall–Kier alpha value is -5.68. The van der Waals surface area contributed by atoms with Crippen LogP contribution in [0.3, 0.4) is 0 Å². The molecule has 6 aliphatic rings. The van der Waals surface area contributed by atoms with Gasteiger partial charge < -0.3 is 129 Å². The normalized spacial score (nSPS) is 36.0. The molecule has 416 valence electrons. The van der Waals surface area contributed by atoms with Gasteiger partial charge in [0.15, 0.2) is 40.8 Å². The number of phenolic OH excluding ortho intramolecular Hbond substituents is 2. The van der Waals surface area contributed by atoms with Crippen LogP contribution in [0.4, 0.5) is 0 Å². The lowest BCUT2D eigenvalue weighted by atomic mass is 9.97. The van der Waals surface area contributed by atoms with Gasteiger partial charge in [0.2, 0.25) is 18.9 Å². The van der Waals surface area contributed by atoms with Crippen molar-refractivity contribution in [3.05, 3.63) is 82.5 Å². The molecule has 8 rings (SSSR count). The summed E-state index contributed by atoms with van der Waals surface area (Å²) >= 11 is 0. The minimum absolute atomic E-state index is 0.0919. The van der Waals surface area contributed by atoms with Gasteiger partial charge in [-0.05, 0) is 54.1 Å². The van der Waals surface area contributed by atoms with E-state index < -0.39 is 166 Å². The molecule has 76 heavy (non-hydrogen) atoms. The quantitative estimate of drug-likeness (QED) is 0.0367. The van der Waals surface area contributed by atoms with Gasteiger partial charge in [-0.2, -0.15) is 0 Å². The SMILES string of the molecule is O=C(C=Cc1ccc(O)c(O[C@@H]2O[C@H](CO)[C@@H](O)[C@H](O)[C@H]2O)c1)OC[C@H]1O[C@@H](O[C@H]2[C@H](Oc3cc4c(O[C@@H]5O[C@H](CO)[C@@H](O)[C@H](O)[C@H]5O)cc(=O)cc-4oc3-c3ccc(O)cc3)O[C@H](CO)[C@@H](O)[C@@H]2O)[C@H](O)[C@@H](O)[C@@H]1O. The number of carbonyl (C=O) groups is 1. The first kappa shape index (κ1) is 56.5. The van der Waals surface area contributed by atoms with E-state index in [-0.39, 0.29) is 51.2 Å². The molecule has 0 saturated carbocycles. The van der Waals surface area contributed by atoms with E-state index >= 15 is 0 Å². The highest BCUT2D eigenvalue weighted by molar-refractivity contribution is 5.87. The summed E-state index contributed by atoms with van der Waals surface area (Å²) in [7, 11) is 0. The number of aliphatic hydroxyl groups excluding tert-OH is 14. The van der Waals surface area contributed by atoms with E-state index in [0.717, 1.165) is 24.3 Å². The van der Waals surface area contributed by atoms with Crippen LogP contribution in [0, 0.1) is 0 Å². The number of aromatic hydroxyl groups is 2. The van der Waals surface area contributed by atoms with Crippen molar-refractivity contribution < 1.29 is 134 Å². The molecule has 20 atom stereocenters. The minimum Gasteiger partial charge on any atom is -0.508 e. The van der Waals surface area contributed by atoms with Crippen molar-refractivity contribution in [3.63, 3.8) is 0 Å². The number of benzene rings is 3. The van der Waals surface area contributed by atoms with Crippen LogP contribution in [0.15, 0.2) is 76.0 Å². The Balaban J connectivity index is 1.02. The number of fused-ring (bicyclic) bond motifs is 1. The molecule has 5 heterocycles. The van der Waals surface area contributed by atoms with E-state index in [9.17, 15) is 91.3 Å². The summed E-state index contributed by atoms with van der Waals surface area (Å²) in [6, 6.07) is 12.2. The Bertz CT molecular complexity index is 2640. The van der Waals surface area contributed by atoms with Crippen LogP contribution in [0.25, 0.3) is 28.7 Å². The predicted octanol–water partition coefficient (Wildman–Crippen LogP) is -5.55. The lowest BCUT2D eigenvalue weighted by Gasteiger charge is -2.46. The van der Waals surface area contributed by atoms with Gasteiger partial charge in [0, 0.05) is 23.8 Å². The van der Waals surface area contributed by atoms with E-state index in [1.165, 1.54) is 48.5 Å². The summed E-state index contributed by atoms with van der Waals surface area (Å²) in [6.07, 6.45) is -34.2. The van der Waals surface area contributed by atoms with Gasteiger partial charge in [-0.15, -0.1) is 0 Å². The fourth-order valence-electron chi connectivity index (χ4n) is 8.59.